The number of benzene rings is 1. The van der Waals surface area contributed by atoms with Crippen molar-refractivity contribution in [1.82, 2.24) is 0 Å². The fourth-order valence-electron chi connectivity index (χ4n) is 0.981. The first-order chi connectivity index (χ1) is 6.56. The zero-order chi connectivity index (χ0) is 10.7. The van der Waals surface area contributed by atoms with Crippen molar-refractivity contribution in [2.24, 2.45) is 0 Å². The van der Waals surface area contributed by atoms with Crippen molar-refractivity contribution in [1.29, 1.82) is 0 Å². The molecule has 0 radical (unpaired) electrons. The highest BCUT2D eigenvalue weighted by Crippen LogP contribution is 2.11. The Balaban J connectivity index is 3.06. The molecule has 0 heterocycles. The van der Waals surface area contributed by atoms with Gasteiger partial charge in [-0.15, -0.1) is 0 Å². The molecule has 0 unspecified atom stereocenters. The van der Waals surface area contributed by atoms with Crippen LogP contribution in [0.2, 0.25) is 0 Å². The molecule has 6 heteroatoms. The summed E-state index contributed by atoms with van der Waals surface area (Å²) in [6, 6.07) is 4.38. The van der Waals surface area contributed by atoms with E-state index in [4.69, 9.17) is 10.0 Å². The van der Waals surface area contributed by atoms with Crippen LogP contribution in [0.4, 0.5) is 0 Å². The first kappa shape index (κ1) is 11.2. The third-order valence-corrected chi connectivity index (χ3v) is 2.39. The van der Waals surface area contributed by atoms with Crippen LogP contribution < -0.4 is 5.46 Å². The fraction of sp³-hybridized carbons (Fsp3) is 0.125. The van der Waals surface area contributed by atoms with Crippen molar-refractivity contribution in [3.63, 3.8) is 0 Å². The molecule has 0 aliphatic rings. The van der Waals surface area contributed by atoms with Crippen LogP contribution in [0, 0.1) is 0 Å². The Hall–Kier alpha value is -0.845. The Morgan fingerprint density at radius 3 is 2.57 bits per heavy atom. The molecule has 0 fully saturated rings. The van der Waals surface area contributed by atoms with Gasteiger partial charge in [-0.2, -0.15) is 0 Å². The van der Waals surface area contributed by atoms with E-state index >= 15 is 0 Å². The Labute approximate surface area is 89.8 Å². The van der Waals surface area contributed by atoms with Gasteiger partial charge in [0.25, 0.3) is 0 Å². The third kappa shape index (κ3) is 2.34. The largest absolute Gasteiger partial charge is 0.489 e. The summed E-state index contributed by atoms with van der Waals surface area (Å²) >= 11 is 3.12. The lowest BCUT2D eigenvalue weighted by molar-refractivity contribution is 0.0600. The lowest BCUT2D eigenvalue weighted by Gasteiger charge is -2.04. The molecule has 0 saturated carbocycles. The number of halogens is 1. The molecule has 0 aliphatic carbocycles. The van der Waals surface area contributed by atoms with E-state index < -0.39 is 13.1 Å². The summed E-state index contributed by atoms with van der Waals surface area (Å²) in [4.78, 5) is 11.1. The lowest BCUT2D eigenvalue weighted by atomic mass is 9.80. The number of methoxy groups -OCH3 is 1. The quantitative estimate of drug-likeness (QED) is 0.575. The van der Waals surface area contributed by atoms with Gasteiger partial charge in [-0.25, -0.2) is 4.79 Å². The average molecular weight is 259 g/mol. The molecular formula is C8H8BBrO4. The van der Waals surface area contributed by atoms with Crippen LogP contribution in [0.5, 0.6) is 0 Å². The fourth-order valence-corrected chi connectivity index (χ4v) is 1.56. The molecule has 1 aromatic carbocycles. The minimum Gasteiger partial charge on any atom is -0.465 e. The molecular weight excluding hydrogens is 251 g/mol. The minimum atomic E-state index is -1.56. The standard InChI is InChI=1S/C8H8BBrO4/c1-14-8(11)5-2-3-6(9(12)13)7(10)4-5/h2-4,12-13H,1H3. The van der Waals surface area contributed by atoms with E-state index in [2.05, 4.69) is 20.7 Å². The van der Waals surface area contributed by atoms with Gasteiger partial charge in [0.15, 0.2) is 0 Å². The molecule has 1 rings (SSSR count). The topological polar surface area (TPSA) is 66.8 Å². The summed E-state index contributed by atoms with van der Waals surface area (Å²) in [6.07, 6.45) is 0. The maximum absolute atomic E-state index is 11.1. The van der Waals surface area contributed by atoms with Crippen LogP contribution in [0.25, 0.3) is 0 Å². The Bertz CT molecular complexity index is 353. The second kappa shape index (κ2) is 4.59. The van der Waals surface area contributed by atoms with Gasteiger partial charge in [-0.05, 0) is 17.6 Å². The number of hydrogen-bond donors (Lipinski definition) is 2. The average Bonchev–Trinajstić information content (AvgIpc) is 2.15. The van der Waals surface area contributed by atoms with Crippen molar-refractivity contribution in [2.75, 3.05) is 7.11 Å². The first-order valence-electron chi connectivity index (χ1n) is 3.80. The predicted octanol–water partition coefficient (Wildman–Crippen LogP) is -0.0845. The van der Waals surface area contributed by atoms with Crippen molar-refractivity contribution in [3.05, 3.63) is 28.2 Å². The number of carbonyl (C=O) groups excluding carboxylic acids is 1. The summed E-state index contributed by atoms with van der Waals surface area (Å²) in [5.41, 5.74) is 0.654. The Morgan fingerprint density at radius 2 is 2.14 bits per heavy atom. The number of carbonyl (C=O) groups is 1. The zero-order valence-corrected chi connectivity index (χ0v) is 8.98. The van der Waals surface area contributed by atoms with E-state index in [1.165, 1.54) is 25.3 Å². The molecule has 0 aliphatic heterocycles. The molecule has 14 heavy (non-hydrogen) atoms. The lowest BCUT2D eigenvalue weighted by Crippen LogP contribution is -2.31. The van der Waals surface area contributed by atoms with Gasteiger partial charge < -0.3 is 14.8 Å². The number of ether oxygens (including phenoxy) is 1. The molecule has 0 atom stereocenters. The molecule has 0 aromatic heterocycles. The van der Waals surface area contributed by atoms with Crippen LogP contribution in [-0.4, -0.2) is 30.2 Å². The number of rotatable bonds is 2. The van der Waals surface area contributed by atoms with E-state index in [9.17, 15) is 4.79 Å². The highest BCUT2D eigenvalue weighted by atomic mass is 79.9. The monoisotopic (exact) mass is 258 g/mol. The van der Waals surface area contributed by atoms with Gasteiger partial charge in [0.2, 0.25) is 0 Å². The predicted molar refractivity (Wildman–Crippen MR) is 55.3 cm³/mol. The van der Waals surface area contributed by atoms with Crippen LogP contribution >= 0.6 is 15.9 Å². The highest BCUT2D eigenvalue weighted by Gasteiger charge is 2.16. The van der Waals surface area contributed by atoms with Crippen LogP contribution in [0.3, 0.4) is 0 Å². The van der Waals surface area contributed by atoms with Crippen LogP contribution in [0.15, 0.2) is 22.7 Å². The van der Waals surface area contributed by atoms with E-state index in [1.807, 2.05) is 0 Å². The Kier molecular flexibility index (Phi) is 3.68. The summed E-state index contributed by atoms with van der Waals surface area (Å²) in [6.45, 7) is 0. The van der Waals surface area contributed by atoms with Gasteiger partial charge in [-0.3, -0.25) is 0 Å². The van der Waals surface area contributed by atoms with Gasteiger partial charge in [0, 0.05) is 4.47 Å². The maximum Gasteiger partial charge on any atom is 0.489 e. The second-order valence-electron chi connectivity index (χ2n) is 2.60. The maximum atomic E-state index is 11.1. The third-order valence-electron chi connectivity index (χ3n) is 1.70. The van der Waals surface area contributed by atoms with E-state index in [0.717, 1.165) is 0 Å². The summed E-state index contributed by atoms with van der Waals surface area (Å²) in [7, 11) is -0.276. The van der Waals surface area contributed by atoms with E-state index in [1.54, 1.807) is 0 Å². The SMILES string of the molecule is COC(=O)c1ccc(B(O)O)c(Br)c1. The Morgan fingerprint density at radius 1 is 1.50 bits per heavy atom. The summed E-state index contributed by atoms with van der Waals surface area (Å²) in [5.74, 6) is -0.468. The van der Waals surface area contributed by atoms with Gasteiger partial charge in [0.05, 0.1) is 12.7 Å². The molecule has 0 bridgehead atoms. The van der Waals surface area contributed by atoms with Crippen LogP contribution in [-0.2, 0) is 4.74 Å². The molecule has 2 N–H and O–H groups in total. The molecule has 0 saturated heterocycles. The first-order valence-corrected chi connectivity index (χ1v) is 4.59. The van der Waals surface area contributed by atoms with Crippen LogP contribution in [0.1, 0.15) is 10.4 Å². The van der Waals surface area contributed by atoms with Crippen molar-refractivity contribution < 1.29 is 19.6 Å². The second-order valence-corrected chi connectivity index (χ2v) is 3.46. The van der Waals surface area contributed by atoms with Gasteiger partial charge in [-0.1, -0.05) is 22.0 Å². The highest BCUT2D eigenvalue weighted by molar-refractivity contribution is 9.10. The normalized spacial score (nSPS) is 9.71. The molecule has 1 aromatic rings. The summed E-state index contributed by atoms with van der Waals surface area (Å²) in [5, 5.41) is 17.8. The van der Waals surface area contributed by atoms with E-state index in [-0.39, 0.29) is 0 Å². The summed E-state index contributed by atoms with van der Waals surface area (Å²) < 4.78 is 4.96. The number of hydrogen-bond acceptors (Lipinski definition) is 4. The molecule has 4 nitrogen and oxygen atoms in total. The van der Waals surface area contributed by atoms with Crippen molar-refractivity contribution >= 4 is 34.5 Å². The smallest absolute Gasteiger partial charge is 0.465 e. The molecule has 74 valence electrons. The molecule has 0 amide bonds. The van der Waals surface area contributed by atoms with Crippen molar-refractivity contribution in [2.45, 2.75) is 0 Å². The van der Waals surface area contributed by atoms with Gasteiger partial charge in [0.1, 0.15) is 0 Å². The zero-order valence-electron chi connectivity index (χ0n) is 7.40. The van der Waals surface area contributed by atoms with Crippen molar-refractivity contribution in [3.8, 4) is 0 Å². The van der Waals surface area contributed by atoms with Gasteiger partial charge >= 0.3 is 13.1 Å². The van der Waals surface area contributed by atoms with E-state index in [0.29, 0.717) is 15.5 Å². The minimum absolute atomic E-state index is 0.303. The number of esters is 1. The molecule has 0 spiro atoms.